The lowest BCUT2D eigenvalue weighted by Gasteiger charge is -2.12. The van der Waals surface area contributed by atoms with E-state index in [9.17, 15) is 0 Å². The quantitative estimate of drug-likeness (QED) is 0.795. The molecule has 4 nitrogen and oxygen atoms in total. The van der Waals surface area contributed by atoms with Gasteiger partial charge in [-0.2, -0.15) is 0 Å². The van der Waals surface area contributed by atoms with Crippen LogP contribution < -0.4 is 19.9 Å². The van der Waals surface area contributed by atoms with Crippen molar-refractivity contribution in [3.05, 3.63) is 17.7 Å². The van der Waals surface area contributed by atoms with Gasteiger partial charge in [-0.25, -0.2) is 0 Å². The smallest absolute Gasteiger partial charge is 0.231 e. The van der Waals surface area contributed by atoms with Crippen molar-refractivity contribution in [1.82, 2.24) is 0 Å². The minimum absolute atomic E-state index is 0.172. The fourth-order valence-electron chi connectivity index (χ4n) is 1.84. The second-order valence-corrected chi connectivity index (χ2v) is 4.07. The Morgan fingerprint density at radius 1 is 1.33 bits per heavy atom. The van der Waals surface area contributed by atoms with Crippen molar-refractivity contribution in [3.8, 4) is 17.2 Å². The summed E-state index contributed by atoms with van der Waals surface area (Å²) in [7, 11) is 1.62. The van der Waals surface area contributed by atoms with Gasteiger partial charge in [0.15, 0.2) is 11.5 Å². The summed E-state index contributed by atoms with van der Waals surface area (Å²) >= 11 is 0. The highest BCUT2D eigenvalue weighted by atomic mass is 16.7. The van der Waals surface area contributed by atoms with Gasteiger partial charge in [0.1, 0.15) is 0 Å². The van der Waals surface area contributed by atoms with Crippen molar-refractivity contribution < 1.29 is 14.2 Å². The number of benzene rings is 1. The number of nitrogens with two attached hydrogens (primary N) is 1. The summed E-state index contributed by atoms with van der Waals surface area (Å²) < 4.78 is 15.9. The minimum atomic E-state index is -0.172. The molecule has 3 rings (SSSR count). The van der Waals surface area contributed by atoms with E-state index in [1.807, 2.05) is 12.1 Å². The largest absolute Gasteiger partial charge is 0.493 e. The van der Waals surface area contributed by atoms with E-state index < -0.39 is 0 Å². The second kappa shape index (κ2) is 2.79. The van der Waals surface area contributed by atoms with Crippen molar-refractivity contribution in [2.75, 3.05) is 13.9 Å². The molecule has 4 heteroatoms. The Hall–Kier alpha value is -1.42. The Kier molecular flexibility index (Phi) is 1.65. The van der Waals surface area contributed by atoms with Gasteiger partial charge in [-0.15, -0.1) is 0 Å². The molecule has 0 aromatic heterocycles. The zero-order chi connectivity index (χ0) is 10.5. The van der Waals surface area contributed by atoms with Gasteiger partial charge in [-0.05, 0) is 30.5 Å². The maximum atomic E-state index is 6.13. The van der Waals surface area contributed by atoms with Crippen LogP contribution in [0.1, 0.15) is 18.4 Å². The maximum Gasteiger partial charge on any atom is 0.231 e. The Morgan fingerprint density at radius 3 is 2.80 bits per heavy atom. The highest BCUT2D eigenvalue weighted by Crippen LogP contribution is 2.49. The monoisotopic (exact) mass is 207 g/mol. The molecule has 0 unspecified atom stereocenters. The predicted octanol–water partition coefficient (Wildman–Crippen LogP) is 1.37. The second-order valence-electron chi connectivity index (χ2n) is 4.07. The van der Waals surface area contributed by atoms with Crippen LogP contribution in [0.4, 0.5) is 0 Å². The molecule has 1 aliphatic carbocycles. The van der Waals surface area contributed by atoms with Gasteiger partial charge in [0.05, 0.1) is 7.11 Å². The third kappa shape index (κ3) is 1.25. The number of hydrogen-bond donors (Lipinski definition) is 1. The van der Waals surface area contributed by atoms with E-state index in [1.165, 1.54) is 0 Å². The van der Waals surface area contributed by atoms with Crippen LogP contribution in [0, 0.1) is 0 Å². The molecule has 15 heavy (non-hydrogen) atoms. The van der Waals surface area contributed by atoms with E-state index >= 15 is 0 Å². The van der Waals surface area contributed by atoms with Crippen LogP contribution >= 0.6 is 0 Å². The Morgan fingerprint density at radius 2 is 2.13 bits per heavy atom. The summed E-state index contributed by atoms with van der Waals surface area (Å²) in [4.78, 5) is 0. The van der Waals surface area contributed by atoms with Gasteiger partial charge in [-0.1, -0.05) is 0 Å². The van der Waals surface area contributed by atoms with E-state index in [2.05, 4.69) is 0 Å². The molecule has 1 aromatic carbocycles. The lowest BCUT2D eigenvalue weighted by atomic mass is 10.0. The van der Waals surface area contributed by atoms with Crippen LogP contribution in [0.3, 0.4) is 0 Å². The van der Waals surface area contributed by atoms with Crippen molar-refractivity contribution in [1.29, 1.82) is 0 Å². The first-order valence-corrected chi connectivity index (χ1v) is 5.00. The van der Waals surface area contributed by atoms with Crippen molar-refractivity contribution in [3.63, 3.8) is 0 Å². The number of fused-ring (bicyclic) bond motifs is 1. The molecule has 0 radical (unpaired) electrons. The summed E-state index contributed by atoms with van der Waals surface area (Å²) in [6.07, 6.45) is 2.05. The van der Waals surface area contributed by atoms with Crippen LogP contribution in [-0.4, -0.2) is 13.9 Å². The van der Waals surface area contributed by atoms with E-state index in [0.29, 0.717) is 11.5 Å². The van der Waals surface area contributed by atoms with E-state index in [0.717, 1.165) is 24.2 Å². The fraction of sp³-hybridized carbons (Fsp3) is 0.455. The lowest BCUT2D eigenvalue weighted by Crippen LogP contribution is -2.18. The normalized spacial score (nSPS) is 20.1. The molecule has 1 aliphatic heterocycles. The summed E-state index contributed by atoms with van der Waals surface area (Å²) in [5, 5.41) is 0. The molecule has 0 bridgehead atoms. The first-order chi connectivity index (χ1) is 7.23. The predicted molar refractivity (Wildman–Crippen MR) is 54.2 cm³/mol. The third-order valence-corrected chi connectivity index (χ3v) is 3.02. The molecular formula is C11H13NO3. The fourth-order valence-corrected chi connectivity index (χ4v) is 1.84. The number of rotatable bonds is 2. The van der Waals surface area contributed by atoms with Crippen molar-refractivity contribution in [2.45, 2.75) is 18.4 Å². The number of methoxy groups -OCH3 is 1. The van der Waals surface area contributed by atoms with Crippen molar-refractivity contribution in [2.24, 2.45) is 5.73 Å². The van der Waals surface area contributed by atoms with E-state index in [1.54, 1.807) is 7.11 Å². The topological polar surface area (TPSA) is 53.7 Å². The molecule has 1 aromatic rings. The van der Waals surface area contributed by atoms with Crippen LogP contribution in [-0.2, 0) is 5.54 Å². The highest BCUT2D eigenvalue weighted by Gasteiger charge is 2.41. The van der Waals surface area contributed by atoms with Gasteiger partial charge in [0.25, 0.3) is 0 Å². The first-order valence-electron chi connectivity index (χ1n) is 5.00. The molecule has 0 spiro atoms. The van der Waals surface area contributed by atoms with Gasteiger partial charge >= 0.3 is 0 Å². The maximum absolute atomic E-state index is 6.13. The molecule has 1 heterocycles. The number of hydrogen-bond acceptors (Lipinski definition) is 4. The molecular weight excluding hydrogens is 194 g/mol. The Bertz CT molecular complexity index is 413. The van der Waals surface area contributed by atoms with Gasteiger partial charge in [-0.3, -0.25) is 0 Å². The Balaban J connectivity index is 2.11. The lowest BCUT2D eigenvalue weighted by molar-refractivity contribution is 0.171. The molecule has 1 fully saturated rings. The molecule has 1 saturated carbocycles. The molecule has 0 saturated heterocycles. The first kappa shape index (κ1) is 8.85. The zero-order valence-electron chi connectivity index (χ0n) is 8.58. The average molecular weight is 207 g/mol. The molecule has 80 valence electrons. The zero-order valence-corrected chi connectivity index (χ0v) is 8.58. The minimum Gasteiger partial charge on any atom is -0.493 e. The molecule has 0 amide bonds. The third-order valence-electron chi connectivity index (χ3n) is 3.02. The van der Waals surface area contributed by atoms with E-state index in [-0.39, 0.29) is 12.3 Å². The van der Waals surface area contributed by atoms with Gasteiger partial charge in [0.2, 0.25) is 12.5 Å². The van der Waals surface area contributed by atoms with Crippen LogP contribution in [0.2, 0.25) is 0 Å². The SMILES string of the molecule is COc1cc(C2(N)CC2)cc2c1OCO2. The molecule has 2 N–H and O–H groups in total. The van der Waals surface area contributed by atoms with E-state index in [4.69, 9.17) is 19.9 Å². The number of ether oxygens (including phenoxy) is 3. The van der Waals surface area contributed by atoms with Gasteiger partial charge in [0, 0.05) is 5.54 Å². The summed E-state index contributed by atoms with van der Waals surface area (Å²) in [5.74, 6) is 2.13. The summed E-state index contributed by atoms with van der Waals surface area (Å²) in [5.41, 5.74) is 7.03. The van der Waals surface area contributed by atoms with Crippen molar-refractivity contribution >= 4 is 0 Å². The van der Waals surface area contributed by atoms with Gasteiger partial charge < -0.3 is 19.9 Å². The molecule has 0 atom stereocenters. The summed E-state index contributed by atoms with van der Waals surface area (Å²) in [6, 6.07) is 3.90. The highest BCUT2D eigenvalue weighted by molar-refractivity contribution is 5.57. The Labute approximate surface area is 87.9 Å². The van der Waals surface area contributed by atoms with Crippen LogP contribution in [0.25, 0.3) is 0 Å². The summed E-state index contributed by atoms with van der Waals surface area (Å²) in [6.45, 7) is 0.257. The van der Waals surface area contributed by atoms with Crippen LogP contribution in [0.5, 0.6) is 17.2 Å². The van der Waals surface area contributed by atoms with Crippen LogP contribution in [0.15, 0.2) is 12.1 Å². The average Bonchev–Trinajstić information content (AvgIpc) is 2.82. The standard InChI is InChI=1S/C11H13NO3/c1-13-8-4-7(11(12)2-3-11)5-9-10(8)15-6-14-9/h4-5H,2-3,6,12H2,1H3. The molecule has 2 aliphatic rings.